The van der Waals surface area contributed by atoms with Gasteiger partial charge in [0, 0.05) is 10.5 Å². The molecule has 2 nitrogen and oxygen atoms in total. The van der Waals surface area contributed by atoms with Crippen LogP contribution in [-0.4, -0.2) is 0 Å². The number of ether oxygens (including phenoxy) is 1. The molecule has 0 saturated carbocycles. The van der Waals surface area contributed by atoms with Crippen LogP contribution in [-0.2, 0) is 6.61 Å². The van der Waals surface area contributed by atoms with E-state index in [1.165, 1.54) is 6.08 Å². The number of nitriles is 1. The Hall–Kier alpha value is -2.05. The molecule has 2 aromatic carbocycles. The van der Waals surface area contributed by atoms with E-state index in [0.29, 0.717) is 6.61 Å². The molecule has 0 spiro atoms. The molecule has 94 valence electrons. The maximum atomic E-state index is 8.45. The van der Waals surface area contributed by atoms with Gasteiger partial charge in [0.15, 0.2) is 0 Å². The zero-order valence-corrected chi connectivity index (χ0v) is 11.8. The molecule has 0 radical (unpaired) electrons. The predicted octanol–water partition coefficient (Wildman–Crippen LogP) is 4.56. The largest absolute Gasteiger partial charge is 0.489 e. The smallest absolute Gasteiger partial charge is 0.119 e. The van der Waals surface area contributed by atoms with Crippen molar-refractivity contribution >= 4 is 22.0 Å². The monoisotopic (exact) mass is 313 g/mol. The molecule has 0 atom stereocenters. The predicted molar refractivity (Wildman–Crippen MR) is 79.6 cm³/mol. The molecule has 3 heteroatoms. The van der Waals surface area contributed by atoms with E-state index in [2.05, 4.69) is 15.9 Å². The van der Waals surface area contributed by atoms with Crippen LogP contribution in [0.1, 0.15) is 11.1 Å². The van der Waals surface area contributed by atoms with Gasteiger partial charge in [-0.2, -0.15) is 5.26 Å². The maximum absolute atomic E-state index is 8.45. The molecular weight excluding hydrogens is 302 g/mol. The summed E-state index contributed by atoms with van der Waals surface area (Å²) in [5, 5.41) is 8.45. The summed E-state index contributed by atoms with van der Waals surface area (Å²) in [5.74, 6) is 0.817. The van der Waals surface area contributed by atoms with Gasteiger partial charge in [-0.25, -0.2) is 0 Å². The van der Waals surface area contributed by atoms with Crippen molar-refractivity contribution in [1.29, 1.82) is 5.26 Å². The highest BCUT2D eigenvalue weighted by Crippen LogP contribution is 2.16. The van der Waals surface area contributed by atoms with Crippen LogP contribution in [0, 0.1) is 11.3 Å². The van der Waals surface area contributed by atoms with Gasteiger partial charge in [0.25, 0.3) is 0 Å². The van der Waals surface area contributed by atoms with Crippen molar-refractivity contribution in [2.24, 2.45) is 0 Å². The van der Waals surface area contributed by atoms with Crippen molar-refractivity contribution in [2.75, 3.05) is 0 Å². The van der Waals surface area contributed by atoms with Crippen LogP contribution in [0.25, 0.3) is 6.08 Å². The minimum atomic E-state index is 0.542. The third-order valence-electron chi connectivity index (χ3n) is 2.55. The van der Waals surface area contributed by atoms with E-state index in [1.807, 2.05) is 54.6 Å². The van der Waals surface area contributed by atoms with E-state index < -0.39 is 0 Å². The van der Waals surface area contributed by atoms with Crippen LogP contribution in [0.4, 0.5) is 0 Å². The molecule has 0 aliphatic rings. The normalized spacial score (nSPS) is 10.3. The first-order valence-corrected chi connectivity index (χ1v) is 6.61. The Labute approximate surface area is 121 Å². The fourth-order valence-electron chi connectivity index (χ4n) is 1.56. The Morgan fingerprint density at radius 3 is 2.37 bits per heavy atom. The van der Waals surface area contributed by atoms with E-state index in [9.17, 15) is 0 Å². The summed E-state index contributed by atoms with van der Waals surface area (Å²) in [6, 6.07) is 17.6. The fourth-order valence-corrected chi connectivity index (χ4v) is 1.82. The first-order chi connectivity index (χ1) is 9.28. The number of hydrogen-bond acceptors (Lipinski definition) is 2. The Morgan fingerprint density at radius 1 is 1.05 bits per heavy atom. The van der Waals surface area contributed by atoms with Crippen LogP contribution >= 0.6 is 15.9 Å². The van der Waals surface area contributed by atoms with E-state index >= 15 is 0 Å². The Morgan fingerprint density at radius 2 is 1.74 bits per heavy atom. The van der Waals surface area contributed by atoms with Crippen LogP contribution in [0.15, 0.2) is 59.1 Å². The molecule has 0 aliphatic heterocycles. The summed E-state index contributed by atoms with van der Waals surface area (Å²) in [4.78, 5) is 0. The van der Waals surface area contributed by atoms with Gasteiger partial charge < -0.3 is 4.74 Å². The number of nitrogens with zero attached hydrogens (tertiary/aromatic N) is 1. The second-order valence-electron chi connectivity index (χ2n) is 3.95. The zero-order chi connectivity index (χ0) is 13.5. The second kappa shape index (κ2) is 6.77. The molecule has 0 bridgehead atoms. The lowest BCUT2D eigenvalue weighted by Crippen LogP contribution is -1.94. The fraction of sp³-hybridized carbons (Fsp3) is 0.0625. The third-order valence-corrected chi connectivity index (χ3v) is 3.08. The summed E-state index contributed by atoms with van der Waals surface area (Å²) in [6.45, 7) is 0.542. The highest BCUT2D eigenvalue weighted by atomic mass is 79.9. The van der Waals surface area contributed by atoms with Gasteiger partial charge in [-0.3, -0.25) is 0 Å². The van der Waals surface area contributed by atoms with Crippen molar-refractivity contribution in [3.8, 4) is 11.8 Å². The topological polar surface area (TPSA) is 33.0 Å². The average molecular weight is 314 g/mol. The number of benzene rings is 2. The van der Waals surface area contributed by atoms with Crippen LogP contribution < -0.4 is 4.74 Å². The second-order valence-corrected chi connectivity index (χ2v) is 4.86. The lowest BCUT2D eigenvalue weighted by Gasteiger charge is -2.06. The molecule has 0 unspecified atom stereocenters. The summed E-state index contributed by atoms with van der Waals surface area (Å²) in [6.07, 6.45) is 3.22. The zero-order valence-electron chi connectivity index (χ0n) is 10.2. The van der Waals surface area contributed by atoms with Gasteiger partial charge >= 0.3 is 0 Å². The van der Waals surface area contributed by atoms with E-state index in [0.717, 1.165) is 21.3 Å². The highest BCUT2D eigenvalue weighted by Gasteiger charge is 1.96. The molecule has 0 N–H and O–H groups in total. The molecule has 19 heavy (non-hydrogen) atoms. The number of hydrogen-bond donors (Lipinski definition) is 0. The number of allylic oxidation sites excluding steroid dienone is 1. The molecule has 0 aromatic heterocycles. The van der Waals surface area contributed by atoms with Gasteiger partial charge in [-0.05, 0) is 41.5 Å². The number of halogens is 1. The standard InChI is InChI=1S/C16H12BrNO/c17-15-7-3-14(4-8-15)12-19-16-9-5-13(6-10-16)2-1-11-18/h1-10H,12H2. The molecule has 0 saturated heterocycles. The van der Waals surface area contributed by atoms with Crippen molar-refractivity contribution < 1.29 is 4.74 Å². The molecule has 2 aromatic rings. The summed E-state index contributed by atoms with van der Waals surface area (Å²) < 4.78 is 6.75. The van der Waals surface area contributed by atoms with Crippen molar-refractivity contribution in [2.45, 2.75) is 6.61 Å². The molecule has 0 amide bonds. The number of rotatable bonds is 4. The van der Waals surface area contributed by atoms with Gasteiger partial charge in [-0.15, -0.1) is 0 Å². The van der Waals surface area contributed by atoms with E-state index in [4.69, 9.17) is 10.00 Å². The summed E-state index contributed by atoms with van der Waals surface area (Å²) >= 11 is 3.40. The SMILES string of the molecule is N#CC=Cc1ccc(OCc2ccc(Br)cc2)cc1. The van der Waals surface area contributed by atoms with Gasteiger partial charge in [0.2, 0.25) is 0 Å². The summed E-state index contributed by atoms with van der Waals surface area (Å²) in [5.41, 5.74) is 2.11. The Balaban J connectivity index is 1.95. The molecule has 2 rings (SSSR count). The van der Waals surface area contributed by atoms with Gasteiger partial charge in [0.1, 0.15) is 12.4 Å². The molecular formula is C16H12BrNO. The maximum Gasteiger partial charge on any atom is 0.119 e. The molecule has 0 fully saturated rings. The molecule has 0 aliphatic carbocycles. The lowest BCUT2D eigenvalue weighted by atomic mass is 10.2. The van der Waals surface area contributed by atoms with Crippen molar-refractivity contribution in [1.82, 2.24) is 0 Å². The Kier molecular flexibility index (Phi) is 4.77. The van der Waals surface area contributed by atoms with Crippen LogP contribution in [0.5, 0.6) is 5.75 Å². The van der Waals surface area contributed by atoms with E-state index in [1.54, 1.807) is 6.08 Å². The van der Waals surface area contributed by atoms with Gasteiger partial charge in [0.05, 0.1) is 6.07 Å². The molecule has 0 heterocycles. The van der Waals surface area contributed by atoms with Crippen LogP contribution in [0.2, 0.25) is 0 Å². The van der Waals surface area contributed by atoms with E-state index in [-0.39, 0.29) is 0 Å². The van der Waals surface area contributed by atoms with Crippen LogP contribution in [0.3, 0.4) is 0 Å². The van der Waals surface area contributed by atoms with Gasteiger partial charge in [-0.1, -0.05) is 40.2 Å². The first-order valence-electron chi connectivity index (χ1n) is 5.81. The average Bonchev–Trinajstić information content (AvgIpc) is 2.46. The minimum absolute atomic E-state index is 0.542. The third kappa shape index (κ3) is 4.27. The Bertz CT molecular complexity index is 594. The van der Waals surface area contributed by atoms with Crippen molar-refractivity contribution in [3.63, 3.8) is 0 Å². The lowest BCUT2D eigenvalue weighted by molar-refractivity contribution is 0.306. The minimum Gasteiger partial charge on any atom is -0.489 e. The summed E-state index contributed by atoms with van der Waals surface area (Å²) in [7, 11) is 0. The highest BCUT2D eigenvalue weighted by molar-refractivity contribution is 9.10. The van der Waals surface area contributed by atoms with Crippen molar-refractivity contribution in [3.05, 3.63) is 70.2 Å². The first kappa shape index (κ1) is 13.4. The quantitative estimate of drug-likeness (QED) is 0.775.